The lowest BCUT2D eigenvalue weighted by molar-refractivity contribution is -0.107. The molecular formula is C12H18N2O. The fourth-order valence-corrected chi connectivity index (χ4v) is 0.933. The predicted octanol–water partition coefficient (Wildman–Crippen LogP) is 1.93. The van der Waals surface area contributed by atoms with Crippen LogP contribution in [0.15, 0.2) is 29.3 Å². The SMILES string of the molecule is CCC=O.CN=C(N)c1cccc(C)c1. The smallest absolute Gasteiger partial charge is 0.125 e. The average molecular weight is 206 g/mol. The van der Waals surface area contributed by atoms with Crippen LogP contribution in [0.1, 0.15) is 24.5 Å². The molecule has 1 aromatic carbocycles. The normalized spacial score (nSPS) is 10.2. The number of hydrogen-bond donors (Lipinski definition) is 1. The van der Waals surface area contributed by atoms with E-state index in [1.54, 1.807) is 7.05 Å². The first-order chi connectivity index (χ1) is 7.15. The van der Waals surface area contributed by atoms with Crippen LogP contribution >= 0.6 is 0 Å². The van der Waals surface area contributed by atoms with Crippen LogP contribution in [0.4, 0.5) is 0 Å². The molecule has 0 aliphatic rings. The van der Waals surface area contributed by atoms with Gasteiger partial charge in [-0.2, -0.15) is 0 Å². The molecule has 0 saturated heterocycles. The van der Waals surface area contributed by atoms with E-state index in [0.717, 1.165) is 11.8 Å². The number of aldehydes is 1. The Morgan fingerprint density at radius 3 is 2.53 bits per heavy atom. The van der Waals surface area contributed by atoms with E-state index in [-0.39, 0.29) is 0 Å². The summed E-state index contributed by atoms with van der Waals surface area (Å²) in [5.41, 5.74) is 7.81. The highest BCUT2D eigenvalue weighted by Gasteiger charge is 1.94. The lowest BCUT2D eigenvalue weighted by Gasteiger charge is -1.99. The molecule has 3 heteroatoms. The number of nitrogens with zero attached hydrogens (tertiary/aromatic N) is 1. The van der Waals surface area contributed by atoms with E-state index in [1.165, 1.54) is 5.56 Å². The lowest BCUT2D eigenvalue weighted by Crippen LogP contribution is -2.12. The van der Waals surface area contributed by atoms with Crippen molar-refractivity contribution in [3.63, 3.8) is 0 Å². The van der Waals surface area contributed by atoms with Crippen molar-refractivity contribution in [1.29, 1.82) is 0 Å². The van der Waals surface area contributed by atoms with Gasteiger partial charge in [0.1, 0.15) is 12.1 Å². The van der Waals surface area contributed by atoms with Gasteiger partial charge < -0.3 is 10.5 Å². The highest BCUT2D eigenvalue weighted by molar-refractivity contribution is 5.97. The lowest BCUT2D eigenvalue weighted by atomic mass is 10.1. The van der Waals surface area contributed by atoms with Crippen LogP contribution < -0.4 is 5.73 Å². The van der Waals surface area contributed by atoms with Crippen LogP contribution in [0.2, 0.25) is 0 Å². The van der Waals surface area contributed by atoms with Crippen LogP contribution in [0, 0.1) is 6.92 Å². The van der Waals surface area contributed by atoms with E-state index in [4.69, 9.17) is 5.73 Å². The summed E-state index contributed by atoms with van der Waals surface area (Å²) in [5.74, 6) is 0.591. The number of carbonyl (C=O) groups excluding carboxylic acids is 1. The number of aliphatic imine (C=N–C) groups is 1. The van der Waals surface area contributed by atoms with Gasteiger partial charge in [0.05, 0.1) is 0 Å². The first kappa shape index (κ1) is 13.4. The summed E-state index contributed by atoms with van der Waals surface area (Å²) in [5, 5.41) is 0. The van der Waals surface area contributed by atoms with Crippen molar-refractivity contribution in [3.8, 4) is 0 Å². The van der Waals surface area contributed by atoms with Gasteiger partial charge in [-0.1, -0.05) is 30.7 Å². The van der Waals surface area contributed by atoms with E-state index < -0.39 is 0 Å². The molecule has 0 bridgehead atoms. The Morgan fingerprint density at radius 2 is 2.13 bits per heavy atom. The third kappa shape index (κ3) is 5.62. The van der Waals surface area contributed by atoms with Crippen LogP contribution in [0.5, 0.6) is 0 Å². The third-order valence-electron chi connectivity index (χ3n) is 1.72. The highest BCUT2D eigenvalue weighted by atomic mass is 16.1. The molecule has 0 aliphatic carbocycles. The van der Waals surface area contributed by atoms with Crippen molar-refractivity contribution in [3.05, 3.63) is 35.4 Å². The van der Waals surface area contributed by atoms with Crippen molar-refractivity contribution in [2.24, 2.45) is 10.7 Å². The standard InChI is InChI=1S/C9H12N2.C3H6O/c1-7-4-3-5-8(6-7)9(10)11-2;1-2-3-4/h3-6H,1-2H3,(H2,10,11);3H,2H2,1H3. The fraction of sp³-hybridized carbons (Fsp3) is 0.333. The fourth-order valence-electron chi connectivity index (χ4n) is 0.933. The van der Waals surface area contributed by atoms with Gasteiger partial charge >= 0.3 is 0 Å². The Hall–Kier alpha value is -1.64. The molecule has 0 saturated carbocycles. The molecule has 82 valence electrons. The average Bonchev–Trinajstić information content (AvgIpc) is 2.28. The number of rotatable bonds is 2. The van der Waals surface area contributed by atoms with E-state index in [2.05, 4.69) is 4.99 Å². The number of nitrogens with two attached hydrogens (primary N) is 1. The van der Waals surface area contributed by atoms with Crippen LogP contribution in [0.3, 0.4) is 0 Å². The van der Waals surface area contributed by atoms with Crippen molar-refractivity contribution in [1.82, 2.24) is 0 Å². The second kappa shape index (κ2) is 7.74. The van der Waals surface area contributed by atoms with Crippen LogP contribution in [0.25, 0.3) is 0 Å². The number of amidine groups is 1. The van der Waals surface area contributed by atoms with Gasteiger partial charge in [0.25, 0.3) is 0 Å². The molecule has 0 aliphatic heterocycles. The summed E-state index contributed by atoms with van der Waals surface area (Å²) in [6.45, 7) is 3.85. The van der Waals surface area contributed by atoms with E-state index >= 15 is 0 Å². The molecule has 2 N–H and O–H groups in total. The summed E-state index contributed by atoms with van der Waals surface area (Å²) in [6, 6.07) is 7.98. The van der Waals surface area contributed by atoms with Gasteiger partial charge in [-0.3, -0.25) is 4.99 Å². The van der Waals surface area contributed by atoms with Crippen molar-refractivity contribution in [2.75, 3.05) is 7.05 Å². The highest BCUT2D eigenvalue weighted by Crippen LogP contribution is 2.02. The minimum Gasteiger partial charge on any atom is -0.384 e. The maximum absolute atomic E-state index is 9.17. The summed E-state index contributed by atoms with van der Waals surface area (Å²) in [4.78, 5) is 13.1. The zero-order chi connectivity index (χ0) is 11.7. The van der Waals surface area contributed by atoms with Crippen molar-refractivity contribution >= 4 is 12.1 Å². The first-order valence-corrected chi connectivity index (χ1v) is 4.88. The topological polar surface area (TPSA) is 55.5 Å². The summed E-state index contributed by atoms with van der Waals surface area (Å²) in [7, 11) is 1.69. The molecule has 0 atom stereocenters. The molecule has 1 aromatic rings. The van der Waals surface area contributed by atoms with Crippen LogP contribution in [-0.2, 0) is 4.79 Å². The molecule has 0 heterocycles. The largest absolute Gasteiger partial charge is 0.384 e. The molecule has 15 heavy (non-hydrogen) atoms. The van der Waals surface area contributed by atoms with Gasteiger partial charge in [-0.05, 0) is 13.0 Å². The summed E-state index contributed by atoms with van der Waals surface area (Å²) < 4.78 is 0. The predicted molar refractivity (Wildman–Crippen MR) is 64.2 cm³/mol. The second-order valence-corrected chi connectivity index (χ2v) is 3.05. The number of aryl methyl sites for hydroxylation is 1. The molecule has 0 fully saturated rings. The van der Waals surface area contributed by atoms with Gasteiger partial charge in [-0.25, -0.2) is 0 Å². The van der Waals surface area contributed by atoms with Gasteiger partial charge in [-0.15, -0.1) is 0 Å². The molecule has 0 unspecified atom stereocenters. The maximum Gasteiger partial charge on any atom is 0.125 e. The molecular weight excluding hydrogens is 188 g/mol. The van der Waals surface area contributed by atoms with Crippen LogP contribution in [-0.4, -0.2) is 19.2 Å². The molecule has 0 aromatic heterocycles. The maximum atomic E-state index is 9.17. The Balaban J connectivity index is 0.000000423. The zero-order valence-corrected chi connectivity index (χ0v) is 9.53. The van der Waals surface area contributed by atoms with Crippen molar-refractivity contribution in [2.45, 2.75) is 20.3 Å². The van der Waals surface area contributed by atoms with Gasteiger partial charge in [0, 0.05) is 19.0 Å². The van der Waals surface area contributed by atoms with Gasteiger partial charge in [0.15, 0.2) is 0 Å². The minimum absolute atomic E-state index is 0.591. The summed E-state index contributed by atoms with van der Waals surface area (Å²) in [6.07, 6.45) is 1.51. The number of carbonyl (C=O) groups is 1. The summed E-state index contributed by atoms with van der Waals surface area (Å²) >= 11 is 0. The van der Waals surface area contributed by atoms with Gasteiger partial charge in [0.2, 0.25) is 0 Å². The zero-order valence-electron chi connectivity index (χ0n) is 9.53. The molecule has 0 radical (unpaired) electrons. The first-order valence-electron chi connectivity index (χ1n) is 4.88. The third-order valence-corrected chi connectivity index (χ3v) is 1.72. The van der Waals surface area contributed by atoms with E-state index in [0.29, 0.717) is 12.3 Å². The molecule has 3 nitrogen and oxygen atoms in total. The molecule has 0 amide bonds. The Morgan fingerprint density at radius 1 is 1.53 bits per heavy atom. The number of hydrogen-bond acceptors (Lipinski definition) is 2. The van der Waals surface area contributed by atoms with E-state index in [9.17, 15) is 4.79 Å². The molecule has 1 rings (SSSR count). The second-order valence-electron chi connectivity index (χ2n) is 3.05. The quantitative estimate of drug-likeness (QED) is 0.456. The molecule has 0 spiro atoms. The minimum atomic E-state index is 0.591. The Kier molecular flexibility index (Phi) is 6.89. The Bertz CT molecular complexity index is 332. The van der Waals surface area contributed by atoms with Crippen molar-refractivity contribution < 1.29 is 4.79 Å². The van der Waals surface area contributed by atoms with E-state index in [1.807, 2.05) is 38.1 Å². The monoisotopic (exact) mass is 206 g/mol. The Labute approximate surface area is 91.0 Å². The number of benzene rings is 1.